The summed E-state index contributed by atoms with van der Waals surface area (Å²) < 4.78 is 1.16. The van der Waals surface area contributed by atoms with E-state index >= 15 is 0 Å². The minimum atomic E-state index is 0.893. The fourth-order valence-electron chi connectivity index (χ4n) is 2.29. The van der Waals surface area contributed by atoms with E-state index in [0.717, 1.165) is 24.1 Å². The Morgan fingerprint density at radius 2 is 1.80 bits per heavy atom. The molecular weight excluding hydrogens is 312 g/mol. The van der Waals surface area contributed by atoms with Crippen LogP contribution in [0.4, 0.5) is 5.69 Å². The Morgan fingerprint density at radius 3 is 2.40 bits per heavy atom. The van der Waals surface area contributed by atoms with E-state index in [9.17, 15) is 0 Å². The van der Waals surface area contributed by atoms with Gasteiger partial charge in [0.25, 0.3) is 0 Å². The van der Waals surface area contributed by atoms with Crippen molar-refractivity contribution in [3.63, 3.8) is 0 Å². The molecule has 0 spiro atoms. The van der Waals surface area contributed by atoms with E-state index in [4.69, 9.17) is 0 Å². The molecule has 0 saturated carbocycles. The molecule has 0 radical (unpaired) electrons. The van der Waals surface area contributed by atoms with Crippen molar-refractivity contribution in [3.8, 4) is 0 Å². The Kier molecular flexibility index (Phi) is 5.62. The highest BCUT2D eigenvalue weighted by atomic mass is 79.9. The minimum Gasteiger partial charge on any atom is -0.367 e. The summed E-state index contributed by atoms with van der Waals surface area (Å²) in [5, 5.41) is 3.18. The molecule has 0 unspecified atom stereocenters. The maximum Gasteiger partial charge on any atom is 0.0513 e. The number of nitrogens with one attached hydrogen (secondary N) is 1. The molecule has 2 rings (SSSR count). The number of nitrogens with zero attached hydrogens (tertiary/aromatic N) is 1. The van der Waals surface area contributed by atoms with Gasteiger partial charge in [0.05, 0.1) is 5.69 Å². The van der Waals surface area contributed by atoms with Gasteiger partial charge in [0.15, 0.2) is 0 Å². The Hall–Kier alpha value is -1.32. The average molecular weight is 333 g/mol. The highest BCUT2D eigenvalue weighted by Gasteiger charge is 2.09. The van der Waals surface area contributed by atoms with E-state index in [2.05, 4.69) is 81.6 Å². The molecule has 0 heterocycles. The molecule has 0 aliphatic carbocycles. The van der Waals surface area contributed by atoms with Gasteiger partial charge in [-0.15, -0.1) is 0 Å². The summed E-state index contributed by atoms with van der Waals surface area (Å²) in [4.78, 5) is 2.38. The van der Waals surface area contributed by atoms with Crippen molar-refractivity contribution in [2.24, 2.45) is 0 Å². The van der Waals surface area contributed by atoms with Gasteiger partial charge in [0.2, 0.25) is 0 Å². The van der Waals surface area contributed by atoms with Crippen molar-refractivity contribution in [2.45, 2.75) is 20.0 Å². The van der Waals surface area contributed by atoms with Gasteiger partial charge in [-0.05, 0) is 53.2 Å². The highest BCUT2D eigenvalue weighted by Crippen LogP contribution is 2.28. The molecule has 2 nitrogen and oxygen atoms in total. The van der Waals surface area contributed by atoms with Crippen LogP contribution in [0.1, 0.15) is 18.1 Å². The lowest BCUT2D eigenvalue weighted by Crippen LogP contribution is -2.22. The summed E-state index contributed by atoms with van der Waals surface area (Å²) in [6.07, 6.45) is 0. The predicted molar refractivity (Wildman–Crippen MR) is 90.1 cm³/mol. The standard InChI is InChI=1S/C17H21BrN2/c1-3-20(13-14-7-5-4-6-8-14)17-10-9-15(12-19-2)11-16(17)18/h4-11,19H,3,12-13H2,1-2H3. The summed E-state index contributed by atoms with van der Waals surface area (Å²) >= 11 is 3.70. The number of hydrogen-bond acceptors (Lipinski definition) is 2. The molecule has 0 fully saturated rings. The van der Waals surface area contributed by atoms with Gasteiger partial charge in [-0.3, -0.25) is 0 Å². The SMILES string of the molecule is CCN(Cc1ccccc1)c1ccc(CNC)cc1Br. The van der Waals surface area contributed by atoms with Crippen molar-refractivity contribution in [1.29, 1.82) is 0 Å². The maximum absolute atomic E-state index is 3.70. The van der Waals surface area contributed by atoms with Crippen LogP contribution in [0.15, 0.2) is 53.0 Å². The monoisotopic (exact) mass is 332 g/mol. The molecule has 20 heavy (non-hydrogen) atoms. The van der Waals surface area contributed by atoms with E-state index in [1.54, 1.807) is 0 Å². The number of rotatable bonds is 6. The highest BCUT2D eigenvalue weighted by molar-refractivity contribution is 9.10. The molecule has 0 aliphatic heterocycles. The normalized spacial score (nSPS) is 10.6. The van der Waals surface area contributed by atoms with E-state index in [1.807, 2.05) is 7.05 Å². The van der Waals surface area contributed by atoms with Crippen LogP contribution >= 0.6 is 15.9 Å². The zero-order valence-corrected chi connectivity index (χ0v) is 13.7. The molecule has 0 amide bonds. The third kappa shape index (κ3) is 3.84. The van der Waals surface area contributed by atoms with Crippen LogP contribution in [0.2, 0.25) is 0 Å². The molecule has 1 N–H and O–H groups in total. The van der Waals surface area contributed by atoms with Crippen LogP contribution in [-0.4, -0.2) is 13.6 Å². The van der Waals surface area contributed by atoms with Gasteiger partial charge in [-0.25, -0.2) is 0 Å². The summed E-state index contributed by atoms with van der Waals surface area (Å²) in [5.74, 6) is 0. The summed E-state index contributed by atoms with van der Waals surface area (Å²) in [5.41, 5.74) is 3.87. The maximum atomic E-state index is 3.70. The zero-order valence-electron chi connectivity index (χ0n) is 12.1. The summed E-state index contributed by atoms with van der Waals surface area (Å²) in [6, 6.07) is 17.2. The number of halogens is 1. The molecule has 0 atom stereocenters. The second-order valence-electron chi connectivity index (χ2n) is 4.82. The second-order valence-corrected chi connectivity index (χ2v) is 5.67. The lowest BCUT2D eigenvalue weighted by atomic mass is 10.1. The first-order chi connectivity index (χ1) is 9.74. The molecule has 0 bridgehead atoms. The van der Waals surface area contributed by atoms with Crippen molar-refractivity contribution < 1.29 is 0 Å². The summed E-state index contributed by atoms with van der Waals surface area (Å²) in [6.45, 7) is 5.00. The van der Waals surface area contributed by atoms with Crippen molar-refractivity contribution in [3.05, 3.63) is 64.1 Å². The fourth-order valence-corrected chi connectivity index (χ4v) is 2.97. The summed E-state index contributed by atoms with van der Waals surface area (Å²) in [7, 11) is 1.97. The van der Waals surface area contributed by atoms with Crippen molar-refractivity contribution >= 4 is 21.6 Å². The second kappa shape index (κ2) is 7.46. The fraction of sp³-hybridized carbons (Fsp3) is 0.294. The first-order valence-electron chi connectivity index (χ1n) is 6.96. The molecule has 2 aromatic carbocycles. The quantitative estimate of drug-likeness (QED) is 0.852. The first kappa shape index (κ1) is 15.1. The van der Waals surface area contributed by atoms with Crippen molar-refractivity contribution in [1.82, 2.24) is 5.32 Å². The molecule has 0 saturated heterocycles. The van der Waals surface area contributed by atoms with Gasteiger partial charge >= 0.3 is 0 Å². The smallest absolute Gasteiger partial charge is 0.0513 e. The van der Waals surface area contributed by atoms with Crippen LogP contribution in [0.5, 0.6) is 0 Å². The Bertz CT molecular complexity index is 540. The van der Waals surface area contributed by atoms with E-state index in [0.29, 0.717) is 0 Å². The molecule has 2 aromatic rings. The van der Waals surface area contributed by atoms with Crippen LogP contribution in [0.25, 0.3) is 0 Å². The van der Waals surface area contributed by atoms with E-state index in [1.165, 1.54) is 16.8 Å². The Labute approximate surface area is 129 Å². The minimum absolute atomic E-state index is 0.893. The predicted octanol–water partition coefficient (Wildman–Crippen LogP) is 4.20. The number of hydrogen-bond donors (Lipinski definition) is 1. The van der Waals surface area contributed by atoms with Crippen LogP contribution in [0, 0.1) is 0 Å². The topological polar surface area (TPSA) is 15.3 Å². The van der Waals surface area contributed by atoms with Gasteiger partial charge in [-0.1, -0.05) is 36.4 Å². The molecule has 106 valence electrons. The number of benzene rings is 2. The molecular formula is C17H21BrN2. The third-order valence-electron chi connectivity index (χ3n) is 3.33. The largest absolute Gasteiger partial charge is 0.367 e. The van der Waals surface area contributed by atoms with Crippen LogP contribution < -0.4 is 10.2 Å². The Morgan fingerprint density at radius 1 is 1.05 bits per heavy atom. The average Bonchev–Trinajstić information content (AvgIpc) is 2.47. The lowest BCUT2D eigenvalue weighted by molar-refractivity contribution is 0.810. The van der Waals surface area contributed by atoms with Crippen LogP contribution in [0.3, 0.4) is 0 Å². The molecule has 0 aliphatic rings. The van der Waals surface area contributed by atoms with Crippen molar-refractivity contribution in [2.75, 3.05) is 18.5 Å². The third-order valence-corrected chi connectivity index (χ3v) is 3.97. The van der Waals surface area contributed by atoms with E-state index in [-0.39, 0.29) is 0 Å². The van der Waals surface area contributed by atoms with Gasteiger partial charge in [0.1, 0.15) is 0 Å². The van der Waals surface area contributed by atoms with E-state index < -0.39 is 0 Å². The van der Waals surface area contributed by atoms with Crippen LogP contribution in [-0.2, 0) is 13.1 Å². The molecule has 0 aromatic heterocycles. The first-order valence-corrected chi connectivity index (χ1v) is 7.75. The zero-order chi connectivity index (χ0) is 14.4. The Balaban J connectivity index is 2.19. The number of anilines is 1. The lowest BCUT2D eigenvalue weighted by Gasteiger charge is -2.25. The molecule has 3 heteroatoms. The van der Waals surface area contributed by atoms with Gasteiger partial charge in [0, 0.05) is 24.1 Å². The van der Waals surface area contributed by atoms with Gasteiger partial charge in [-0.2, -0.15) is 0 Å². The van der Waals surface area contributed by atoms with Gasteiger partial charge < -0.3 is 10.2 Å².